The van der Waals surface area contributed by atoms with Crippen molar-refractivity contribution in [3.63, 3.8) is 0 Å². The zero-order chi connectivity index (χ0) is 17.0. The van der Waals surface area contributed by atoms with Crippen LogP contribution < -0.4 is 0 Å². The van der Waals surface area contributed by atoms with Gasteiger partial charge in [0.15, 0.2) is 0 Å². The third-order valence-electron chi connectivity index (χ3n) is 3.13. The molecule has 122 valence electrons. The molecule has 0 aliphatic carbocycles. The number of rotatable bonds is 7. The average Bonchev–Trinajstić information content (AvgIpc) is 2.77. The largest absolute Gasteiger partial charge is 0.569 e. The van der Waals surface area contributed by atoms with E-state index in [1.54, 1.807) is 12.1 Å². The van der Waals surface area contributed by atoms with Gasteiger partial charge in [0.2, 0.25) is 12.0 Å². The van der Waals surface area contributed by atoms with Crippen molar-refractivity contribution in [2.75, 3.05) is 20.3 Å². The molecular formula is C13H14N4O6. The summed E-state index contributed by atoms with van der Waals surface area (Å²) < 4.78 is 0. The Morgan fingerprint density at radius 1 is 1.35 bits per heavy atom. The average molecular weight is 322 g/mol. The predicted octanol–water partition coefficient (Wildman–Crippen LogP) is 0.456. The molecule has 1 aromatic carbocycles. The highest BCUT2D eigenvalue weighted by molar-refractivity contribution is 6.21. The number of hydrazine groups is 1. The summed E-state index contributed by atoms with van der Waals surface area (Å²) in [6.45, 7) is -0.587. The Hall–Kier alpha value is -3.17. The number of carboxylic acid groups (broad SMARTS) is 1. The van der Waals surface area contributed by atoms with Crippen LogP contribution in [-0.2, 0) is 9.63 Å². The molecule has 23 heavy (non-hydrogen) atoms. The number of hydrogen-bond donors (Lipinski definition) is 1. The minimum absolute atomic E-state index is 0.0428. The lowest BCUT2D eigenvalue weighted by molar-refractivity contribution is -0.705. The summed E-state index contributed by atoms with van der Waals surface area (Å²) in [5, 5.41) is 24.1. The molecule has 0 saturated carbocycles. The normalized spacial score (nSPS) is 14.0. The van der Waals surface area contributed by atoms with Gasteiger partial charge in [0.05, 0.1) is 36.1 Å². The number of nitrogens with zero attached hydrogens (tertiary/aromatic N) is 4. The number of imide groups is 1. The van der Waals surface area contributed by atoms with Gasteiger partial charge in [-0.1, -0.05) is 12.1 Å². The number of hydrogen-bond acceptors (Lipinski definition) is 6. The second kappa shape index (κ2) is 6.73. The Kier molecular flexibility index (Phi) is 4.74. The summed E-state index contributed by atoms with van der Waals surface area (Å²) in [4.78, 5) is 40.0. The first-order chi connectivity index (χ1) is 10.9. The van der Waals surface area contributed by atoms with Crippen molar-refractivity contribution in [3.8, 4) is 0 Å². The van der Waals surface area contributed by atoms with Gasteiger partial charge < -0.3 is 15.2 Å². The fraction of sp³-hybridized carbons (Fsp3) is 0.308. The number of carboxylic acids is 1. The van der Waals surface area contributed by atoms with Gasteiger partial charge in [0.25, 0.3) is 11.8 Å². The number of carbonyl (C=O) groups excluding carboxylic acids is 2. The molecule has 10 heteroatoms. The maximum absolute atomic E-state index is 12.0. The Labute approximate surface area is 130 Å². The molecule has 1 N–H and O–H groups in total. The monoisotopic (exact) mass is 322 g/mol. The SMILES string of the molecule is CN(CCC(=O)O)/[N+]([O-])=N/OCN1C(=O)c2ccccc2C1=O. The van der Waals surface area contributed by atoms with E-state index in [9.17, 15) is 19.6 Å². The molecule has 10 nitrogen and oxygen atoms in total. The molecule has 1 aromatic rings. The maximum atomic E-state index is 12.0. The Morgan fingerprint density at radius 2 is 1.91 bits per heavy atom. The zero-order valence-electron chi connectivity index (χ0n) is 12.2. The molecule has 0 unspecified atom stereocenters. The Bertz CT molecular complexity index is 639. The van der Waals surface area contributed by atoms with E-state index in [2.05, 4.69) is 5.28 Å². The van der Waals surface area contributed by atoms with E-state index in [0.717, 1.165) is 9.91 Å². The lowest BCUT2D eigenvalue weighted by Crippen LogP contribution is -2.33. The fourth-order valence-corrected chi connectivity index (χ4v) is 1.89. The topological polar surface area (TPSA) is 126 Å². The third-order valence-corrected chi connectivity index (χ3v) is 3.13. The summed E-state index contributed by atoms with van der Waals surface area (Å²) in [5.41, 5.74) is 0.525. The van der Waals surface area contributed by atoms with Crippen LogP contribution in [0, 0.1) is 5.21 Å². The second-order valence-electron chi connectivity index (χ2n) is 4.70. The highest BCUT2D eigenvalue weighted by atomic mass is 16.7. The van der Waals surface area contributed by atoms with Gasteiger partial charge in [-0.05, 0) is 12.1 Å². The van der Waals surface area contributed by atoms with Gasteiger partial charge in [-0.2, -0.15) is 0 Å². The Balaban J connectivity index is 1.92. The van der Waals surface area contributed by atoms with Gasteiger partial charge in [-0.15, -0.1) is 5.01 Å². The smallest absolute Gasteiger partial charge is 0.305 e. The van der Waals surface area contributed by atoms with Crippen LogP contribution in [-0.4, -0.2) is 58.1 Å². The van der Waals surface area contributed by atoms with Crippen LogP contribution >= 0.6 is 0 Å². The molecule has 0 spiro atoms. The van der Waals surface area contributed by atoms with Gasteiger partial charge in [0, 0.05) is 0 Å². The minimum Gasteiger partial charge on any atom is -0.569 e. The summed E-state index contributed by atoms with van der Waals surface area (Å²) in [6.07, 6.45) is -0.247. The van der Waals surface area contributed by atoms with Gasteiger partial charge in [-0.25, -0.2) is 4.90 Å². The van der Waals surface area contributed by atoms with E-state index in [1.807, 2.05) is 0 Å². The van der Waals surface area contributed by atoms with E-state index < -0.39 is 24.5 Å². The van der Waals surface area contributed by atoms with Crippen LogP contribution in [0.5, 0.6) is 0 Å². The summed E-state index contributed by atoms with van der Waals surface area (Å²) in [7, 11) is 1.32. The zero-order valence-corrected chi connectivity index (χ0v) is 12.2. The van der Waals surface area contributed by atoms with Crippen LogP contribution in [0.2, 0.25) is 0 Å². The van der Waals surface area contributed by atoms with Crippen LogP contribution in [0.15, 0.2) is 29.5 Å². The van der Waals surface area contributed by atoms with Gasteiger partial charge >= 0.3 is 5.97 Å². The lowest BCUT2D eigenvalue weighted by Gasteiger charge is -2.13. The van der Waals surface area contributed by atoms with Crippen LogP contribution in [0.4, 0.5) is 0 Å². The molecule has 0 aromatic heterocycles. The molecule has 1 heterocycles. The van der Waals surface area contributed by atoms with Crippen LogP contribution in [0.3, 0.4) is 0 Å². The fourth-order valence-electron chi connectivity index (χ4n) is 1.89. The van der Waals surface area contributed by atoms with Crippen LogP contribution in [0.1, 0.15) is 27.1 Å². The van der Waals surface area contributed by atoms with Crippen molar-refractivity contribution in [2.45, 2.75) is 6.42 Å². The highest BCUT2D eigenvalue weighted by Crippen LogP contribution is 2.22. The van der Waals surface area contributed by atoms with Crippen molar-refractivity contribution in [2.24, 2.45) is 5.28 Å². The molecule has 1 aliphatic heterocycles. The van der Waals surface area contributed by atoms with E-state index in [-0.39, 0.29) is 29.1 Å². The number of benzene rings is 1. The van der Waals surface area contributed by atoms with Crippen molar-refractivity contribution in [3.05, 3.63) is 40.6 Å². The minimum atomic E-state index is -1.06. The number of carbonyl (C=O) groups is 3. The first-order valence-electron chi connectivity index (χ1n) is 6.60. The summed E-state index contributed by atoms with van der Waals surface area (Å²) >= 11 is 0. The van der Waals surface area contributed by atoms with E-state index >= 15 is 0 Å². The number of amides is 2. The number of aliphatic carboxylic acids is 1. The molecule has 0 fully saturated rings. The first-order valence-corrected chi connectivity index (χ1v) is 6.60. The van der Waals surface area contributed by atoms with E-state index in [4.69, 9.17) is 9.94 Å². The molecule has 0 saturated heterocycles. The summed E-state index contributed by atoms with van der Waals surface area (Å²) in [5.74, 6) is -2.12. The van der Waals surface area contributed by atoms with Crippen molar-refractivity contribution in [1.82, 2.24) is 9.91 Å². The van der Waals surface area contributed by atoms with E-state index in [1.165, 1.54) is 19.2 Å². The van der Waals surface area contributed by atoms with Crippen molar-refractivity contribution >= 4 is 17.8 Å². The molecule has 2 rings (SSSR count). The van der Waals surface area contributed by atoms with Gasteiger partial charge in [-0.3, -0.25) is 14.4 Å². The lowest BCUT2D eigenvalue weighted by atomic mass is 10.1. The van der Waals surface area contributed by atoms with Crippen molar-refractivity contribution < 1.29 is 29.3 Å². The molecular weight excluding hydrogens is 308 g/mol. The second-order valence-corrected chi connectivity index (χ2v) is 4.70. The molecule has 2 amide bonds. The highest BCUT2D eigenvalue weighted by Gasteiger charge is 2.35. The van der Waals surface area contributed by atoms with Crippen molar-refractivity contribution in [1.29, 1.82) is 0 Å². The molecule has 0 radical (unpaired) electrons. The first kappa shape index (κ1) is 16.2. The third kappa shape index (κ3) is 3.54. The standard InChI is InChI=1S/C13H14N4O6/c1-15(7-6-11(18)19)17(22)14-23-8-16-12(20)9-4-2-3-5-10(9)13(16)21/h2-5H,6-8H2,1H3,(H,18,19)/b17-14-. The predicted molar refractivity (Wildman–Crippen MR) is 73.8 cm³/mol. The van der Waals surface area contributed by atoms with E-state index in [0.29, 0.717) is 0 Å². The quantitative estimate of drug-likeness (QED) is 0.334. The molecule has 1 aliphatic rings. The summed E-state index contributed by atoms with van der Waals surface area (Å²) in [6, 6.07) is 6.31. The maximum Gasteiger partial charge on any atom is 0.305 e. The molecule has 0 bridgehead atoms. The number of fused-ring (bicyclic) bond motifs is 1. The van der Waals surface area contributed by atoms with Gasteiger partial charge in [0.1, 0.15) is 0 Å². The molecule has 0 atom stereocenters. The Morgan fingerprint density at radius 3 is 2.43 bits per heavy atom. The van der Waals surface area contributed by atoms with Crippen LogP contribution in [0.25, 0.3) is 0 Å².